The largest absolute Gasteiger partial charge is 0.491 e. The number of benzene rings is 1. The number of hydrogen-bond acceptors (Lipinski definition) is 2. The van der Waals surface area contributed by atoms with E-state index < -0.39 is 0 Å². The van der Waals surface area contributed by atoms with Crippen molar-refractivity contribution in [3.8, 4) is 11.5 Å². The summed E-state index contributed by atoms with van der Waals surface area (Å²) in [6.45, 7) is 4.28. The van der Waals surface area contributed by atoms with Gasteiger partial charge in [0.1, 0.15) is 0 Å². The summed E-state index contributed by atoms with van der Waals surface area (Å²) >= 11 is 12.1. The van der Waals surface area contributed by atoms with Crippen LogP contribution in [0, 0.1) is 0 Å². The van der Waals surface area contributed by atoms with Crippen molar-refractivity contribution in [3.63, 3.8) is 0 Å². The second kappa shape index (κ2) is 7.75. The van der Waals surface area contributed by atoms with Gasteiger partial charge < -0.3 is 9.47 Å². The number of unbranched alkanes of at least 4 members (excludes halogenated alkanes) is 1. The quantitative estimate of drug-likeness (QED) is 0.674. The number of rotatable bonds is 7. The fourth-order valence-electron chi connectivity index (χ4n) is 1.78. The normalized spacial score (nSPS) is 12.3. The van der Waals surface area contributed by atoms with Crippen LogP contribution in [-0.4, -0.2) is 13.2 Å². The summed E-state index contributed by atoms with van der Waals surface area (Å²) in [5, 5.41) is 1.03. The maximum absolute atomic E-state index is 6.08. The topological polar surface area (TPSA) is 18.5 Å². The Balaban J connectivity index is 2.87. The highest BCUT2D eigenvalue weighted by atomic mass is 35.5. The van der Waals surface area contributed by atoms with E-state index in [-0.39, 0.29) is 6.10 Å². The van der Waals surface area contributed by atoms with E-state index in [0.717, 1.165) is 25.7 Å². The van der Waals surface area contributed by atoms with Crippen LogP contribution in [0.4, 0.5) is 0 Å². The minimum Gasteiger partial charge on any atom is -0.491 e. The molecule has 1 rings (SSSR count). The lowest BCUT2D eigenvalue weighted by Gasteiger charge is -2.20. The Hall–Kier alpha value is -0.600. The third-order valence-corrected chi connectivity index (χ3v) is 3.31. The fraction of sp³-hybridized carbons (Fsp3) is 0.571. The zero-order chi connectivity index (χ0) is 13.5. The summed E-state index contributed by atoms with van der Waals surface area (Å²) in [5.41, 5.74) is 0. The predicted octanol–water partition coefficient (Wildman–Crippen LogP) is 5.35. The molecule has 1 atom stereocenters. The highest BCUT2D eigenvalue weighted by molar-refractivity contribution is 6.35. The van der Waals surface area contributed by atoms with Crippen LogP contribution in [0.1, 0.15) is 39.5 Å². The molecule has 0 aliphatic carbocycles. The standard InChI is InChI=1S/C14H20Cl2O2/c1-4-6-7-11(5-2)18-13-9-10(15)8-12(16)14(13)17-3/h8-9,11H,4-7H2,1-3H3. The van der Waals surface area contributed by atoms with Crippen molar-refractivity contribution >= 4 is 23.2 Å². The van der Waals surface area contributed by atoms with Crippen molar-refractivity contribution < 1.29 is 9.47 Å². The van der Waals surface area contributed by atoms with Gasteiger partial charge in [0.05, 0.1) is 18.2 Å². The Labute approximate surface area is 119 Å². The number of halogens is 2. The van der Waals surface area contributed by atoms with E-state index in [2.05, 4.69) is 13.8 Å². The van der Waals surface area contributed by atoms with E-state index in [0.29, 0.717) is 21.5 Å². The van der Waals surface area contributed by atoms with Crippen LogP contribution in [0.15, 0.2) is 12.1 Å². The van der Waals surface area contributed by atoms with Crippen LogP contribution >= 0.6 is 23.2 Å². The smallest absolute Gasteiger partial charge is 0.179 e. The average Bonchev–Trinajstić information content (AvgIpc) is 2.33. The first-order chi connectivity index (χ1) is 8.62. The number of hydrogen-bond donors (Lipinski definition) is 0. The molecule has 0 saturated heterocycles. The van der Waals surface area contributed by atoms with Gasteiger partial charge in [0.15, 0.2) is 11.5 Å². The van der Waals surface area contributed by atoms with E-state index in [1.807, 2.05) is 0 Å². The Morgan fingerprint density at radius 3 is 2.50 bits per heavy atom. The van der Waals surface area contributed by atoms with E-state index in [9.17, 15) is 0 Å². The van der Waals surface area contributed by atoms with Gasteiger partial charge in [-0.15, -0.1) is 0 Å². The average molecular weight is 291 g/mol. The third-order valence-electron chi connectivity index (χ3n) is 2.81. The maximum atomic E-state index is 6.08. The Morgan fingerprint density at radius 1 is 1.22 bits per heavy atom. The summed E-state index contributed by atoms with van der Waals surface area (Å²) in [4.78, 5) is 0. The van der Waals surface area contributed by atoms with Crippen molar-refractivity contribution in [2.45, 2.75) is 45.6 Å². The summed E-state index contributed by atoms with van der Waals surface area (Å²) in [6, 6.07) is 3.41. The van der Waals surface area contributed by atoms with Gasteiger partial charge in [0, 0.05) is 11.1 Å². The first-order valence-corrected chi connectivity index (χ1v) is 7.07. The molecule has 0 aromatic heterocycles. The molecule has 102 valence electrons. The summed E-state index contributed by atoms with van der Waals surface area (Å²) < 4.78 is 11.2. The van der Waals surface area contributed by atoms with Crippen molar-refractivity contribution in [2.75, 3.05) is 7.11 Å². The molecule has 0 bridgehead atoms. The van der Waals surface area contributed by atoms with Crippen molar-refractivity contribution in [3.05, 3.63) is 22.2 Å². The second-order valence-electron chi connectivity index (χ2n) is 4.21. The Bertz CT molecular complexity index is 380. The fourth-order valence-corrected chi connectivity index (χ4v) is 2.33. The lowest BCUT2D eigenvalue weighted by atomic mass is 10.1. The van der Waals surface area contributed by atoms with Gasteiger partial charge in [0.25, 0.3) is 0 Å². The minimum atomic E-state index is 0.174. The molecular weight excluding hydrogens is 271 g/mol. The van der Waals surface area contributed by atoms with Crippen molar-refractivity contribution in [1.82, 2.24) is 0 Å². The van der Waals surface area contributed by atoms with Gasteiger partial charge in [0.2, 0.25) is 0 Å². The van der Waals surface area contributed by atoms with Crippen LogP contribution in [0.2, 0.25) is 10.0 Å². The van der Waals surface area contributed by atoms with Gasteiger partial charge >= 0.3 is 0 Å². The lowest BCUT2D eigenvalue weighted by molar-refractivity contribution is 0.176. The Kier molecular flexibility index (Phi) is 6.66. The second-order valence-corrected chi connectivity index (χ2v) is 5.05. The molecular formula is C14H20Cl2O2. The molecule has 0 fully saturated rings. The highest BCUT2D eigenvalue weighted by Gasteiger charge is 2.15. The molecule has 0 N–H and O–H groups in total. The lowest BCUT2D eigenvalue weighted by Crippen LogP contribution is -2.15. The van der Waals surface area contributed by atoms with Crippen molar-refractivity contribution in [1.29, 1.82) is 0 Å². The van der Waals surface area contributed by atoms with Crippen LogP contribution < -0.4 is 9.47 Å². The SMILES string of the molecule is CCCCC(CC)Oc1cc(Cl)cc(Cl)c1OC. The molecule has 4 heteroatoms. The minimum absolute atomic E-state index is 0.174. The molecule has 0 amide bonds. The molecule has 1 aromatic carbocycles. The van der Waals surface area contributed by atoms with Gasteiger partial charge in [-0.1, -0.05) is 49.9 Å². The maximum Gasteiger partial charge on any atom is 0.179 e. The zero-order valence-electron chi connectivity index (χ0n) is 11.1. The molecule has 2 nitrogen and oxygen atoms in total. The summed E-state index contributed by atoms with van der Waals surface area (Å²) in [7, 11) is 1.58. The van der Waals surface area contributed by atoms with Gasteiger partial charge in [-0.2, -0.15) is 0 Å². The highest BCUT2D eigenvalue weighted by Crippen LogP contribution is 2.38. The van der Waals surface area contributed by atoms with Crippen molar-refractivity contribution in [2.24, 2.45) is 0 Å². The monoisotopic (exact) mass is 290 g/mol. The Morgan fingerprint density at radius 2 is 1.94 bits per heavy atom. The van der Waals surface area contributed by atoms with E-state index in [1.54, 1.807) is 19.2 Å². The predicted molar refractivity (Wildman–Crippen MR) is 77.2 cm³/mol. The molecule has 0 aliphatic heterocycles. The van der Waals surface area contributed by atoms with E-state index >= 15 is 0 Å². The third kappa shape index (κ3) is 4.25. The molecule has 1 aromatic rings. The van der Waals surface area contributed by atoms with Crippen LogP contribution in [-0.2, 0) is 0 Å². The van der Waals surface area contributed by atoms with E-state index in [1.165, 1.54) is 0 Å². The first kappa shape index (κ1) is 15.5. The molecule has 0 heterocycles. The summed E-state index contributed by atoms with van der Waals surface area (Å²) in [6.07, 6.45) is 4.46. The molecule has 0 radical (unpaired) electrons. The van der Waals surface area contributed by atoms with Gasteiger partial charge in [-0.05, 0) is 18.9 Å². The zero-order valence-corrected chi connectivity index (χ0v) is 12.6. The van der Waals surface area contributed by atoms with Gasteiger partial charge in [-0.25, -0.2) is 0 Å². The number of methoxy groups -OCH3 is 1. The van der Waals surface area contributed by atoms with Crippen LogP contribution in [0.3, 0.4) is 0 Å². The van der Waals surface area contributed by atoms with E-state index in [4.69, 9.17) is 32.7 Å². The number of ether oxygens (including phenoxy) is 2. The first-order valence-electron chi connectivity index (χ1n) is 6.32. The van der Waals surface area contributed by atoms with Crippen LogP contribution in [0.5, 0.6) is 11.5 Å². The molecule has 0 aliphatic rings. The molecule has 18 heavy (non-hydrogen) atoms. The molecule has 0 spiro atoms. The molecule has 1 unspecified atom stereocenters. The van der Waals surface area contributed by atoms with Gasteiger partial charge in [-0.3, -0.25) is 0 Å². The molecule has 0 saturated carbocycles. The summed E-state index contributed by atoms with van der Waals surface area (Å²) in [5.74, 6) is 1.17. The van der Waals surface area contributed by atoms with Crippen LogP contribution in [0.25, 0.3) is 0 Å².